The van der Waals surface area contributed by atoms with Crippen molar-refractivity contribution in [3.63, 3.8) is 0 Å². The van der Waals surface area contributed by atoms with Crippen LogP contribution in [0, 0.1) is 48.5 Å². The molecule has 0 amide bonds. The SMILES string of the molecule is Cc1c(-c2ccccc2)cccc1-c1ccccc1.Cc1ccc(-c2ccccc2)c(-c2ccccc2)c1.Cc1ccc(-c2ccccc2)cc1-c1ccccc1.Cc1ccc(-c2ccccc2-c2ccccc2)cc1.Cc1cccc(-c2ccccc2)c1-c1ccccc1.Cc1cccc(-c2ccccc2-c2ccccc2)c1.Cc1ccccc1-c1ccccc1-c1ccccc1. The van der Waals surface area contributed by atoms with Gasteiger partial charge in [0.25, 0.3) is 0 Å². The van der Waals surface area contributed by atoms with Crippen LogP contribution in [-0.4, -0.2) is 0 Å². The molecule has 0 nitrogen and oxygen atoms in total. The highest BCUT2D eigenvalue weighted by Gasteiger charge is 2.15. The molecule has 0 radical (unpaired) electrons. The Morgan fingerprint density at radius 3 is 0.744 bits per heavy atom. The first-order chi connectivity index (χ1) is 65.5. The zero-order chi connectivity index (χ0) is 91.6. The number of hydrogen-bond acceptors (Lipinski definition) is 0. The van der Waals surface area contributed by atoms with E-state index in [2.05, 4.69) is 601 Å². The lowest BCUT2D eigenvalue weighted by Crippen LogP contribution is -1.88. The minimum atomic E-state index is 1.26. The number of benzene rings is 21. The normalized spacial score (nSPS) is 10.4. The third-order valence-corrected chi connectivity index (χ3v) is 23.9. The van der Waals surface area contributed by atoms with Crippen molar-refractivity contribution < 1.29 is 0 Å². The van der Waals surface area contributed by atoms with Gasteiger partial charge in [0, 0.05) is 0 Å². The molecule has 0 heteroatoms. The second kappa shape index (κ2) is 47.1. The molecular formula is C133H112. The first-order valence-corrected chi connectivity index (χ1v) is 45.9. The van der Waals surface area contributed by atoms with Crippen LogP contribution < -0.4 is 0 Å². The van der Waals surface area contributed by atoms with Crippen LogP contribution in [0.3, 0.4) is 0 Å². The third-order valence-electron chi connectivity index (χ3n) is 23.9. The van der Waals surface area contributed by atoms with Gasteiger partial charge in [-0.3, -0.25) is 0 Å². The topological polar surface area (TPSA) is 0 Å². The molecule has 0 unspecified atom stereocenters. The van der Waals surface area contributed by atoms with Crippen LogP contribution in [0.25, 0.3) is 156 Å². The van der Waals surface area contributed by atoms with Gasteiger partial charge >= 0.3 is 0 Å². The van der Waals surface area contributed by atoms with E-state index >= 15 is 0 Å². The van der Waals surface area contributed by atoms with E-state index in [0.29, 0.717) is 0 Å². The maximum absolute atomic E-state index is 2.28. The van der Waals surface area contributed by atoms with E-state index in [-0.39, 0.29) is 0 Å². The van der Waals surface area contributed by atoms with Crippen molar-refractivity contribution >= 4 is 0 Å². The average molecular weight is 1710 g/mol. The van der Waals surface area contributed by atoms with Gasteiger partial charge in [-0.25, -0.2) is 0 Å². The molecule has 0 atom stereocenters. The molecular weight excluding hydrogens is 1600 g/mol. The van der Waals surface area contributed by atoms with Crippen LogP contribution >= 0.6 is 0 Å². The quantitative estimate of drug-likeness (QED) is 0.102. The van der Waals surface area contributed by atoms with Crippen molar-refractivity contribution in [2.45, 2.75) is 48.5 Å². The smallest absolute Gasteiger partial charge is 0.00761 e. The van der Waals surface area contributed by atoms with E-state index in [1.165, 1.54) is 195 Å². The Morgan fingerprint density at radius 2 is 0.338 bits per heavy atom. The summed E-state index contributed by atoms with van der Waals surface area (Å²) in [6.07, 6.45) is 0. The molecule has 0 saturated heterocycles. The summed E-state index contributed by atoms with van der Waals surface area (Å²) in [5.74, 6) is 0. The van der Waals surface area contributed by atoms with Crippen molar-refractivity contribution in [1.29, 1.82) is 0 Å². The molecule has 0 spiro atoms. The Balaban J connectivity index is 0.000000118. The fraction of sp³-hybridized carbons (Fsp3) is 0.0526. The Hall–Kier alpha value is -16.4. The molecule has 0 aliphatic rings. The van der Waals surface area contributed by atoms with Crippen molar-refractivity contribution in [3.8, 4) is 156 Å². The zero-order valence-electron chi connectivity index (χ0n) is 77.0. The largest absolute Gasteiger partial charge is 0.0622 e. The van der Waals surface area contributed by atoms with Crippen LogP contribution in [0.2, 0.25) is 0 Å². The van der Waals surface area contributed by atoms with E-state index in [1.54, 1.807) is 0 Å². The van der Waals surface area contributed by atoms with E-state index in [9.17, 15) is 0 Å². The van der Waals surface area contributed by atoms with Gasteiger partial charge < -0.3 is 0 Å². The second-order valence-electron chi connectivity index (χ2n) is 33.3. The van der Waals surface area contributed by atoms with E-state index < -0.39 is 0 Å². The van der Waals surface area contributed by atoms with Gasteiger partial charge in [0.1, 0.15) is 0 Å². The van der Waals surface area contributed by atoms with E-state index in [0.717, 1.165) is 0 Å². The van der Waals surface area contributed by atoms with Gasteiger partial charge in [-0.15, -0.1) is 0 Å². The third kappa shape index (κ3) is 24.7. The molecule has 0 fully saturated rings. The zero-order valence-corrected chi connectivity index (χ0v) is 77.0. The molecule has 21 rings (SSSR count). The minimum absolute atomic E-state index is 1.26. The summed E-state index contributed by atoms with van der Waals surface area (Å²) >= 11 is 0. The average Bonchev–Trinajstić information content (AvgIpc) is 0.816. The van der Waals surface area contributed by atoms with Crippen molar-refractivity contribution in [1.82, 2.24) is 0 Å². The Bertz CT molecular complexity index is 6980. The highest BCUT2D eigenvalue weighted by Crippen LogP contribution is 2.40. The lowest BCUT2D eigenvalue weighted by Gasteiger charge is -2.13. The molecule has 0 N–H and O–H groups in total. The summed E-state index contributed by atoms with van der Waals surface area (Å²) in [4.78, 5) is 0. The molecule has 21 aromatic rings. The van der Waals surface area contributed by atoms with E-state index in [1.807, 2.05) is 0 Å². The number of hydrogen-bond donors (Lipinski definition) is 0. The molecule has 0 bridgehead atoms. The van der Waals surface area contributed by atoms with Crippen LogP contribution in [0.4, 0.5) is 0 Å². The Morgan fingerprint density at radius 1 is 0.0977 bits per heavy atom. The highest BCUT2D eigenvalue weighted by molar-refractivity contribution is 5.90. The standard InChI is InChI=1S/7C19H16/c1-15-9-8-14-18(16-10-4-2-5-11-16)19(15)17-12-6-3-7-13-17;1-15-18(16-9-4-2-5-10-16)13-8-14-19(15)17-11-6-3-7-12-17;1-15-12-13-18(16-8-4-2-5-9-16)14-19(15)17-10-6-3-7-11-17;1-15-12-13-18(16-8-4-2-5-9-16)19(14-15)17-10-6-3-7-11-17;1-15-9-5-6-12-17(15)19-14-8-7-13-18(19)16-10-3-2-4-11-16;1-15-8-7-11-17(14-15)19-13-6-5-12-18(19)16-9-3-2-4-10-16;1-15-11-13-17(14-12-15)19-10-6-5-9-18(19)16-7-3-2-4-8-16/h7*2-14H,1H3. The summed E-state index contributed by atoms with van der Waals surface area (Å²) in [6.45, 7) is 15.1. The maximum atomic E-state index is 2.28. The monoisotopic (exact) mass is 1710 g/mol. The highest BCUT2D eigenvalue weighted by atomic mass is 14.2. The lowest BCUT2D eigenvalue weighted by atomic mass is 9.91. The molecule has 644 valence electrons. The molecule has 0 aliphatic heterocycles. The maximum Gasteiger partial charge on any atom is -0.00761 e. The van der Waals surface area contributed by atoms with Crippen LogP contribution in [0.5, 0.6) is 0 Å². The first-order valence-electron chi connectivity index (χ1n) is 45.9. The van der Waals surface area contributed by atoms with Gasteiger partial charge in [-0.2, -0.15) is 0 Å². The molecule has 133 heavy (non-hydrogen) atoms. The minimum Gasteiger partial charge on any atom is -0.0622 e. The summed E-state index contributed by atoms with van der Waals surface area (Å²) in [5, 5.41) is 0. The number of aryl methyl sites for hydroxylation is 6. The van der Waals surface area contributed by atoms with Crippen LogP contribution in [-0.2, 0) is 0 Å². The van der Waals surface area contributed by atoms with Crippen molar-refractivity contribution in [2.24, 2.45) is 0 Å². The van der Waals surface area contributed by atoms with Gasteiger partial charge in [0.2, 0.25) is 0 Å². The van der Waals surface area contributed by atoms with Gasteiger partial charge in [0.15, 0.2) is 0 Å². The fourth-order valence-corrected chi connectivity index (χ4v) is 17.0. The summed E-state index contributed by atoms with van der Waals surface area (Å²) in [7, 11) is 0. The lowest BCUT2D eigenvalue weighted by molar-refractivity contribution is 1.45. The predicted molar refractivity (Wildman–Crippen MR) is 574 cm³/mol. The van der Waals surface area contributed by atoms with Crippen LogP contribution in [0.1, 0.15) is 38.9 Å². The fourth-order valence-electron chi connectivity index (χ4n) is 17.0. The first kappa shape index (κ1) is 91.4. The molecule has 0 saturated carbocycles. The van der Waals surface area contributed by atoms with Gasteiger partial charge in [-0.05, 0) is 233 Å². The summed E-state index contributed by atoms with van der Waals surface area (Å²) in [5.41, 5.74) is 45.1. The van der Waals surface area contributed by atoms with Crippen molar-refractivity contribution in [3.05, 3.63) is 591 Å². The van der Waals surface area contributed by atoms with Gasteiger partial charge in [0.05, 0.1) is 0 Å². The number of rotatable bonds is 14. The van der Waals surface area contributed by atoms with Crippen LogP contribution in [0.15, 0.2) is 552 Å². The second-order valence-corrected chi connectivity index (χ2v) is 33.3. The molecule has 0 heterocycles. The summed E-state index contributed by atoms with van der Waals surface area (Å²) < 4.78 is 0. The van der Waals surface area contributed by atoms with Crippen molar-refractivity contribution in [2.75, 3.05) is 0 Å². The van der Waals surface area contributed by atoms with E-state index in [4.69, 9.17) is 0 Å². The molecule has 21 aromatic carbocycles. The molecule has 0 aromatic heterocycles. The summed E-state index contributed by atoms with van der Waals surface area (Å²) in [6, 6.07) is 194. The van der Waals surface area contributed by atoms with Gasteiger partial charge in [-0.1, -0.05) is 563 Å². The predicted octanol–water partition coefficient (Wildman–Crippen LogP) is 37.3. The Kier molecular flexibility index (Phi) is 32.3. The molecule has 0 aliphatic carbocycles. The Labute approximate surface area is 789 Å².